The van der Waals surface area contributed by atoms with E-state index in [1.54, 1.807) is 24.3 Å². The van der Waals surface area contributed by atoms with Crippen LogP contribution in [0.25, 0.3) is 0 Å². The first kappa shape index (κ1) is 14.3. The van der Waals surface area contributed by atoms with Gasteiger partial charge in [0.05, 0.1) is 16.0 Å². The molecule has 2 aromatic rings. The molecule has 2 rings (SSSR count). The zero-order valence-corrected chi connectivity index (χ0v) is 12.2. The molecule has 0 radical (unpaired) electrons. The van der Waals surface area contributed by atoms with Gasteiger partial charge in [0.15, 0.2) is 0 Å². The Balaban J connectivity index is 2.40. The molecule has 0 amide bonds. The minimum Gasteiger partial charge on any atom is -0.455 e. The van der Waals surface area contributed by atoms with Crippen molar-refractivity contribution in [3.63, 3.8) is 0 Å². The molecule has 0 bridgehead atoms. The first-order chi connectivity index (χ1) is 9.51. The van der Waals surface area contributed by atoms with Crippen LogP contribution in [0.3, 0.4) is 0 Å². The van der Waals surface area contributed by atoms with E-state index in [1.807, 2.05) is 0 Å². The number of nitro benzene ring substituents is 1. The van der Waals surface area contributed by atoms with Crippen molar-refractivity contribution in [2.75, 3.05) is 0 Å². The van der Waals surface area contributed by atoms with Gasteiger partial charge in [0.2, 0.25) is 0 Å². The van der Waals surface area contributed by atoms with Crippen LogP contribution in [0.4, 0.5) is 5.69 Å². The molecule has 0 aromatic heterocycles. The topological polar surface area (TPSA) is 76.2 Å². The Bertz CT molecular complexity index is 728. The summed E-state index contributed by atoms with van der Waals surface area (Å²) in [6.07, 6.45) is 0. The first-order valence-corrected chi connectivity index (χ1v) is 6.50. The van der Waals surface area contributed by atoms with E-state index < -0.39 is 4.92 Å². The van der Waals surface area contributed by atoms with E-state index in [4.69, 9.17) is 21.6 Å². The third kappa shape index (κ3) is 3.07. The summed E-state index contributed by atoms with van der Waals surface area (Å²) in [5, 5.41) is 20.1. The molecule has 0 N–H and O–H groups in total. The summed E-state index contributed by atoms with van der Waals surface area (Å²) in [6, 6.07) is 10.8. The summed E-state index contributed by atoms with van der Waals surface area (Å²) in [7, 11) is 0. The standard InChI is InChI=1S/C13H6BrClN2O3/c14-9-2-4-11(15)13(5-9)20-10-3-1-8(7-16)12(6-10)17(18)19/h1-6H. The summed E-state index contributed by atoms with van der Waals surface area (Å²) in [4.78, 5) is 10.2. The van der Waals surface area contributed by atoms with Crippen molar-refractivity contribution in [2.45, 2.75) is 0 Å². The molecular weight excluding hydrogens is 348 g/mol. The van der Waals surface area contributed by atoms with E-state index in [1.165, 1.54) is 18.2 Å². The number of halogens is 2. The number of rotatable bonds is 3. The molecule has 0 saturated carbocycles. The van der Waals surface area contributed by atoms with Gasteiger partial charge in [-0.25, -0.2) is 0 Å². The van der Waals surface area contributed by atoms with Gasteiger partial charge in [0.1, 0.15) is 23.1 Å². The highest BCUT2D eigenvalue weighted by Gasteiger charge is 2.15. The zero-order valence-electron chi connectivity index (χ0n) is 9.84. The van der Waals surface area contributed by atoms with E-state index >= 15 is 0 Å². The van der Waals surface area contributed by atoms with Crippen molar-refractivity contribution in [1.82, 2.24) is 0 Å². The molecule has 0 unspecified atom stereocenters. The summed E-state index contributed by atoms with van der Waals surface area (Å²) in [5.74, 6) is 0.593. The van der Waals surface area contributed by atoms with Gasteiger partial charge in [-0.2, -0.15) is 5.26 Å². The van der Waals surface area contributed by atoms with Crippen molar-refractivity contribution in [1.29, 1.82) is 5.26 Å². The maximum atomic E-state index is 10.9. The lowest BCUT2D eigenvalue weighted by atomic mass is 10.2. The molecule has 0 spiro atoms. The molecule has 0 saturated heterocycles. The summed E-state index contributed by atoms with van der Waals surface area (Å²) in [6.45, 7) is 0. The SMILES string of the molecule is N#Cc1ccc(Oc2cc(Br)ccc2Cl)cc1[N+](=O)[O-]. The van der Waals surface area contributed by atoms with Crippen molar-refractivity contribution < 1.29 is 9.66 Å². The van der Waals surface area contributed by atoms with Gasteiger partial charge in [-0.3, -0.25) is 10.1 Å². The van der Waals surface area contributed by atoms with Gasteiger partial charge in [-0.05, 0) is 30.3 Å². The second-order valence-corrected chi connectivity index (χ2v) is 5.05. The second kappa shape index (κ2) is 5.90. The van der Waals surface area contributed by atoms with Crippen LogP contribution in [0.1, 0.15) is 5.56 Å². The quantitative estimate of drug-likeness (QED) is 0.593. The number of nitrogens with zero attached hydrogens (tertiary/aromatic N) is 2. The summed E-state index contributed by atoms with van der Waals surface area (Å²) < 4.78 is 6.27. The van der Waals surface area contributed by atoms with Crippen LogP contribution in [-0.2, 0) is 0 Å². The third-order valence-electron chi connectivity index (χ3n) is 2.41. The van der Waals surface area contributed by atoms with Gasteiger partial charge < -0.3 is 4.74 Å². The fourth-order valence-electron chi connectivity index (χ4n) is 1.50. The molecule has 0 aliphatic rings. The average Bonchev–Trinajstić information content (AvgIpc) is 2.42. The molecule has 20 heavy (non-hydrogen) atoms. The predicted octanol–water partition coefficient (Wildman–Crippen LogP) is 4.67. The first-order valence-electron chi connectivity index (χ1n) is 5.32. The van der Waals surface area contributed by atoms with E-state index in [9.17, 15) is 10.1 Å². The average molecular weight is 354 g/mol. The van der Waals surface area contributed by atoms with Crippen LogP contribution < -0.4 is 4.74 Å². The Labute approximate surface area is 127 Å². The fourth-order valence-corrected chi connectivity index (χ4v) is 2.00. The number of nitro groups is 1. The molecule has 0 heterocycles. The molecule has 0 aliphatic carbocycles. The van der Waals surface area contributed by atoms with E-state index in [2.05, 4.69) is 15.9 Å². The summed E-state index contributed by atoms with van der Waals surface area (Å²) in [5.41, 5.74) is -0.334. The fraction of sp³-hybridized carbons (Fsp3) is 0. The Hall–Kier alpha value is -2.10. The lowest BCUT2D eigenvalue weighted by molar-refractivity contribution is -0.385. The molecule has 2 aromatic carbocycles. The Morgan fingerprint density at radius 3 is 2.70 bits per heavy atom. The molecule has 100 valence electrons. The molecule has 7 heteroatoms. The van der Waals surface area contributed by atoms with E-state index in [-0.39, 0.29) is 17.0 Å². The number of hydrogen-bond donors (Lipinski definition) is 0. The monoisotopic (exact) mass is 352 g/mol. The number of benzene rings is 2. The van der Waals surface area contributed by atoms with Gasteiger partial charge in [0, 0.05) is 4.47 Å². The van der Waals surface area contributed by atoms with Crippen molar-refractivity contribution in [3.05, 3.63) is 61.6 Å². The smallest absolute Gasteiger partial charge is 0.290 e. The lowest BCUT2D eigenvalue weighted by Crippen LogP contribution is -1.93. The third-order valence-corrected chi connectivity index (χ3v) is 3.21. The highest BCUT2D eigenvalue weighted by atomic mass is 79.9. The van der Waals surface area contributed by atoms with Gasteiger partial charge in [0.25, 0.3) is 5.69 Å². The molecule has 5 nitrogen and oxygen atoms in total. The van der Waals surface area contributed by atoms with Gasteiger partial charge >= 0.3 is 0 Å². The minimum atomic E-state index is -0.631. The largest absolute Gasteiger partial charge is 0.455 e. The Morgan fingerprint density at radius 1 is 1.30 bits per heavy atom. The maximum Gasteiger partial charge on any atom is 0.290 e. The van der Waals surface area contributed by atoms with Gasteiger partial charge in [-0.15, -0.1) is 0 Å². The normalized spacial score (nSPS) is 9.85. The number of nitriles is 1. The van der Waals surface area contributed by atoms with Crippen LogP contribution in [0.2, 0.25) is 5.02 Å². The van der Waals surface area contributed by atoms with Crippen LogP contribution >= 0.6 is 27.5 Å². The lowest BCUT2D eigenvalue weighted by Gasteiger charge is -2.08. The predicted molar refractivity (Wildman–Crippen MR) is 77.0 cm³/mol. The molecule has 0 aliphatic heterocycles. The van der Waals surface area contributed by atoms with Crippen molar-refractivity contribution in [3.8, 4) is 17.6 Å². The molecule has 0 fully saturated rings. The highest BCUT2D eigenvalue weighted by molar-refractivity contribution is 9.10. The van der Waals surface area contributed by atoms with E-state index in [0.717, 1.165) is 4.47 Å². The number of hydrogen-bond acceptors (Lipinski definition) is 4. The van der Waals surface area contributed by atoms with Crippen LogP contribution in [0.15, 0.2) is 40.9 Å². The van der Waals surface area contributed by atoms with Gasteiger partial charge in [-0.1, -0.05) is 27.5 Å². The number of ether oxygens (including phenoxy) is 1. The molecule has 0 atom stereocenters. The summed E-state index contributed by atoms with van der Waals surface area (Å²) >= 11 is 9.26. The van der Waals surface area contributed by atoms with Crippen LogP contribution in [-0.4, -0.2) is 4.92 Å². The van der Waals surface area contributed by atoms with Crippen LogP contribution in [0, 0.1) is 21.4 Å². The second-order valence-electron chi connectivity index (χ2n) is 3.72. The van der Waals surface area contributed by atoms with Crippen molar-refractivity contribution in [2.24, 2.45) is 0 Å². The Morgan fingerprint density at radius 2 is 2.05 bits per heavy atom. The maximum absolute atomic E-state index is 10.9. The van der Waals surface area contributed by atoms with E-state index in [0.29, 0.717) is 10.8 Å². The minimum absolute atomic E-state index is 0.0253. The Kier molecular flexibility index (Phi) is 4.23. The van der Waals surface area contributed by atoms with Crippen molar-refractivity contribution >= 4 is 33.2 Å². The zero-order chi connectivity index (χ0) is 14.7. The van der Waals surface area contributed by atoms with Crippen LogP contribution in [0.5, 0.6) is 11.5 Å². The highest BCUT2D eigenvalue weighted by Crippen LogP contribution is 2.33. The molecular formula is C13H6BrClN2O3.